The molecule has 4 aromatic rings. The Morgan fingerprint density at radius 3 is 1.71 bits per heavy atom. The van der Waals surface area contributed by atoms with Gasteiger partial charge in [0, 0.05) is 24.9 Å². The fourth-order valence-corrected chi connectivity index (χ4v) is 4.44. The van der Waals surface area contributed by atoms with Gasteiger partial charge in [0.1, 0.15) is 5.75 Å². The van der Waals surface area contributed by atoms with Crippen molar-refractivity contribution in [1.29, 1.82) is 0 Å². The first-order valence-corrected chi connectivity index (χ1v) is 12.9. The highest BCUT2D eigenvalue weighted by Gasteiger charge is 2.18. The van der Waals surface area contributed by atoms with Crippen LogP contribution >= 0.6 is 0 Å². The van der Waals surface area contributed by atoms with Gasteiger partial charge >= 0.3 is 6.09 Å². The molecule has 192 valence electrons. The van der Waals surface area contributed by atoms with Crippen molar-refractivity contribution >= 4 is 11.9 Å². The first-order chi connectivity index (χ1) is 18.5. The topological polar surface area (TPSA) is 55.4 Å². The third-order valence-corrected chi connectivity index (χ3v) is 6.47. The lowest BCUT2D eigenvalue weighted by atomic mass is 9.88. The fourth-order valence-electron chi connectivity index (χ4n) is 4.44. The Labute approximate surface area is 225 Å². The van der Waals surface area contributed by atoms with E-state index in [1.807, 2.05) is 48.5 Å². The summed E-state index contributed by atoms with van der Waals surface area (Å²) in [5.74, 6) is 0.450. The van der Waals surface area contributed by atoms with E-state index in [2.05, 4.69) is 66.5 Å². The molecule has 4 nitrogen and oxygen atoms in total. The molecule has 4 heteroatoms. The van der Waals surface area contributed by atoms with E-state index in [1.54, 1.807) is 6.92 Å². The highest BCUT2D eigenvalue weighted by molar-refractivity contribution is 5.94. The molecule has 0 saturated heterocycles. The summed E-state index contributed by atoms with van der Waals surface area (Å²) in [7, 11) is 0. The fraction of sp³-hybridized carbons (Fsp3) is 0.176. The number of benzene rings is 4. The van der Waals surface area contributed by atoms with E-state index in [0.717, 1.165) is 29.5 Å². The zero-order valence-electron chi connectivity index (χ0n) is 21.8. The van der Waals surface area contributed by atoms with Gasteiger partial charge in [-0.15, -0.1) is 0 Å². The monoisotopic (exact) mass is 503 g/mol. The number of hydrogen-bond acceptors (Lipinski definition) is 3. The van der Waals surface area contributed by atoms with Crippen molar-refractivity contribution < 1.29 is 14.3 Å². The second kappa shape index (κ2) is 13.2. The average molecular weight is 504 g/mol. The summed E-state index contributed by atoms with van der Waals surface area (Å²) in [6, 6.07) is 34.9. The van der Waals surface area contributed by atoms with Crippen LogP contribution in [0, 0.1) is 0 Å². The molecule has 0 unspecified atom stereocenters. The number of hydrogen-bond donors (Lipinski definition) is 1. The number of nitrogens with one attached hydrogen (secondary N) is 1. The van der Waals surface area contributed by atoms with E-state index in [-0.39, 0.29) is 18.7 Å². The van der Waals surface area contributed by atoms with Crippen LogP contribution in [-0.4, -0.2) is 18.4 Å². The minimum Gasteiger partial charge on any atom is -0.410 e. The summed E-state index contributed by atoms with van der Waals surface area (Å²) >= 11 is 0. The number of rotatable bonds is 11. The molecular formula is C34H33NO3. The molecule has 4 rings (SSSR count). The number of carbonyl (C=O) groups excluding carboxylic acids is 2. The van der Waals surface area contributed by atoms with Crippen LogP contribution in [0.2, 0.25) is 0 Å². The molecule has 0 aliphatic rings. The molecule has 4 aromatic carbocycles. The Morgan fingerprint density at radius 2 is 1.18 bits per heavy atom. The Balaban J connectivity index is 1.70. The number of Topliss-reactive ketones (excluding diaryl/α,β-unsaturated/α-hetero) is 1. The quantitative estimate of drug-likeness (QED) is 0.223. The van der Waals surface area contributed by atoms with Gasteiger partial charge in [-0.05, 0) is 59.2 Å². The minimum atomic E-state index is -0.574. The van der Waals surface area contributed by atoms with E-state index in [1.165, 1.54) is 16.7 Å². The van der Waals surface area contributed by atoms with Crippen molar-refractivity contribution in [3.8, 4) is 5.75 Å². The summed E-state index contributed by atoms with van der Waals surface area (Å²) in [5, 5.41) is 2.71. The van der Waals surface area contributed by atoms with Crippen molar-refractivity contribution in [1.82, 2.24) is 5.32 Å². The van der Waals surface area contributed by atoms with E-state index >= 15 is 0 Å². The molecule has 1 amide bonds. The molecule has 0 atom stereocenters. The summed E-state index contributed by atoms with van der Waals surface area (Å²) in [4.78, 5) is 24.6. The van der Waals surface area contributed by atoms with Crippen molar-refractivity contribution in [3.63, 3.8) is 0 Å². The van der Waals surface area contributed by atoms with Gasteiger partial charge in [-0.3, -0.25) is 4.79 Å². The highest BCUT2D eigenvalue weighted by Crippen LogP contribution is 2.32. The van der Waals surface area contributed by atoms with Crippen LogP contribution in [-0.2, 0) is 24.1 Å². The highest BCUT2D eigenvalue weighted by atomic mass is 16.6. The van der Waals surface area contributed by atoms with Gasteiger partial charge in [-0.25, -0.2) is 4.79 Å². The van der Waals surface area contributed by atoms with Crippen LogP contribution in [0.3, 0.4) is 0 Å². The number of allylic oxidation sites excluding steroid dienone is 1. The van der Waals surface area contributed by atoms with Crippen LogP contribution in [0.5, 0.6) is 5.75 Å². The Bertz CT molecular complexity index is 1380. The van der Waals surface area contributed by atoms with Crippen molar-refractivity contribution in [2.45, 2.75) is 32.6 Å². The van der Waals surface area contributed by atoms with E-state index < -0.39 is 6.09 Å². The summed E-state index contributed by atoms with van der Waals surface area (Å²) in [6.07, 6.45) is 1.74. The van der Waals surface area contributed by atoms with E-state index in [0.29, 0.717) is 17.7 Å². The minimum absolute atomic E-state index is 0.0783. The molecule has 38 heavy (non-hydrogen) atoms. The second-order valence-electron chi connectivity index (χ2n) is 9.44. The molecule has 0 bridgehead atoms. The van der Waals surface area contributed by atoms with Crippen molar-refractivity contribution in [2.75, 3.05) is 6.54 Å². The molecule has 1 N–H and O–H groups in total. The lowest BCUT2D eigenvalue weighted by Gasteiger charge is -2.20. The van der Waals surface area contributed by atoms with Crippen LogP contribution < -0.4 is 10.1 Å². The maximum Gasteiger partial charge on any atom is 0.412 e. The SMILES string of the molecule is C=C(C)C(=O)CCNC(=O)Oc1ccc(Cc2ccccc2)c(Cc2ccccc2)c1Cc1ccccc1. The number of carbonyl (C=O) groups is 2. The molecule has 0 saturated carbocycles. The van der Waals surface area contributed by atoms with Crippen LogP contribution in [0.1, 0.15) is 46.7 Å². The normalized spacial score (nSPS) is 10.6. The van der Waals surface area contributed by atoms with Gasteiger partial charge in [-0.2, -0.15) is 0 Å². The molecule has 0 radical (unpaired) electrons. The Morgan fingerprint density at radius 1 is 0.684 bits per heavy atom. The summed E-state index contributed by atoms with van der Waals surface area (Å²) in [6.45, 7) is 5.53. The van der Waals surface area contributed by atoms with Gasteiger partial charge in [0.05, 0.1) is 0 Å². The molecule has 0 spiro atoms. The first-order valence-electron chi connectivity index (χ1n) is 12.9. The first kappa shape index (κ1) is 26.6. The summed E-state index contributed by atoms with van der Waals surface area (Å²) < 4.78 is 5.86. The Kier molecular flexibility index (Phi) is 9.25. The van der Waals surface area contributed by atoms with Crippen molar-refractivity contribution in [3.05, 3.63) is 149 Å². The van der Waals surface area contributed by atoms with Crippen molar-refractivity contribution in [2.24, 2.45) is 0 Å². The maximum absolute atomic E-state index is 12.7. The number of ketones is 1. The third kappa shape index (κ3) is 7.53. The Hall–Kier alpha value is -4.44. The van der Waals surface area contributed by atoms with E-state index in [4.69, 9.17) is 4.74 Å². The zero-order chi connectivity index (χ0) is 26.7. The number of amides is 1. The molecule has 0 aromatic heterocycles. The van der Waals surface area contributed by atoms with Gasteiger partial charge in [0.15, 0.2) is 5.78 Å². The molecule has 0 aliphatic carbocycles. The van der Waals surface area contributed by atoms with Crippen LogP contribution in [0.15, 0.2) is 115 Å². The van der Waals surface area contributed by atoms with Gasteiger partial charge in [0.2, 0.25) is 0 Å². The van der Waals surface area contributed by atoms with E-state index in [9.17, 15) is 9.59 Å². The maximum atomic E-state index is 12.7. The zero-order valence-corrected chi connectivity index (χ0v) is 21.8. The lowest BCUT2D eigenvalue weighted by Crippen LogP contribution is -2.29. The molecule has 0 fully saturated rings. The van der Waals surface area contributed by atoms with Gasteiger partial charge in [0.25, 0.3) is 0 Å². The molecule has 0 aliphatic heterocycles. The number of ether oxygens (including phenoxy) is 1. The smallest absolute Gasteiger partial charge is 0.410 e. The summed E-state index contributed by atoms with van der Waals surface area (Å²) in [5.41, 5.74) is 7.37. The third-order valence-electron chi connectivity index (χ3n) is 6.47. The average Bonchev–Trinajstić information content (AvgIpc) is 2.93. The van der Waals surface area contributed by atoms with Gasteiger partial charge < -0.3 is 10.1 Å². The largest absolute Gasteiger partial charge is 0.412 e. The van der Waals surface area contributed by atoms with Crippen LogP contribution in [0.25, 0.3) is 0 Å². The second-order valence-corrected chi connectivity index (χ2v) is 9.44. The predicted molar refractivity (Wildman–Crippen MR) is 153 cm³/mol. The lowest BCUT2D eigenvalue weighted by molar-refractivity contribution is -0.115. The molecule has 0 heterocycles. The predicted octanol–water partition coefficient (Wildman–Crippen LogP) is 7.08. The standard InChI is InChI=1S/C34H33NO3/c1-25(2)32(36)20-21-35-34(37)38-33-19-18-29(22-26-12-6-3-7-13-26)30(23-27-14-8-4-9-15-27)31(33)24-28-16-10-5-11-17-28/h3-19H,1,20-24H2,2H3,(H,35,37). The van der Waals surface area contributed by atoms with Crippen LogP contribution in [0.4, 0.5) is 4.79 Å². The van der Waals surface area contributed by atoms with Gasteiger partial charge in [-0.1, -0.05) is 104 Å². The molecular weight excluding hydrogens is 470 g/mol.